The summed E-state index contributed by atoms with van der Waals surface area (Å²) in [4.78, 5) is 15.1. The molecule has 0 bridgehead atoms. The van der Waals surface area contributed by atoms with Crippen LogP contribution in [0.25, 0.3) is 17.3 Å². The van der Waals surface area contributed by atoms with E-state index in [2.05, 4.69) is 11.6 Å². The zero-order chi connectivity index (χ0) is 14.9. The van der Waals surface area contributed by atoms with Crippen LogP contribution in [0.3, 0.4) is 0 Å². The summed E-state index contributed by atoms with van der Waals surface area (Å²) in [6.45, 7) is 3.49. The molecule has 20 heavy (non-hydrogen) atoms. The molecule has 0 saturated heterocycles. The number of carboxylic acids is 1. The average Bonchev–Trinajstić information content (AvgIpc) is 2.37. The van der Waals surface area contributed by atoms with Crippen LogP contribution in [0.5, 0.6) is 0 Å². The van der Waals surface area contributed by atoms with Crippen LogP contribution in [0, 0.1) is 5.82 Å². The highest BCUT2D eigenvalue weighted by molar-refractivity contribution is 6.30. The summed E-state index contributed by atoms with van der Waals surface area (Å²) in [5, 5.41) is 9.36. The third-order valence-corrected chi connectivity index (χ3v) is 2.94. The second-order valence-electron chi connectivity index (χ2n) is 3.99. The maximum atomic E-state index is 13.9. The molecule has 0 aliphatic heterocycles. The van der Waals surface area contributed by atoms with Gasteiger partial charge in [0.1, 0.15) is 5.82 Å². The molecule has 0 saturated carbocycles. The van der Waals surface area contributed by atoms with Crippen molar-refractivity contribution in [3.63, 3.8) is 0 Å². The first kappa shape index (κ1) is 14.0. The van der Waals surface area contributed by atoms with Crippen LogP contribution in [0.2, 0.25) is 5.02 Å². The minimum absolute atomic E-state index is 0.124. The maximum Gasteiger partial charge on any atom is 0.355 e. The van der Waals surface area contributed by atoms with Gasteiger partial charge in [-0.25, -0.2) is 14.2 Å². The highest BCUT2D eigenvalue weighted by Crippen LogP contribution is 2.28. The van der Waals surface area contributed by atoms with Crippen LogP contribution in [0.4, 0.5) is 10.1 Å². The number of aromatic carboxylic acids is 1. The van der Waals surface area contributed by atoms with Gasteiger partial charge < -0.3 is 10.8 Å². The summed E-state index contributed by atoms with van der Waals surface area (Å²) >= 11 is 5.67. The average molecular weight is 293 g/mol. The molecular formula is C14H10ClFN2O2. The van der Waals surface area contributed by atoms with E-state index in [-0.39, 0.29) is 33.2 Å². The van der Waals surface area contributed by atoms with Crippen molar-refractivity contribution in [1.29, 1.82) is 0 Å². The molecule has 0 atom stereocenters. The molecule has 0 radical (unpaired) electrons. The van der Waals surface area contributed by atoms with Crippen LogP contribution in [0.15, 0.2) is 30.8 Å². The molecule has 0 spiro atoms. The van der Waals surface area contributed by atoms with Crippen LogP contribution < -0.4 is 5.73 Å². The van der Waals surface area contributed by atoms with Crippen molar-refractivity contribution in [2.45, 2.75) is 0 Å². The van der Waals surface area contributed by atoms with Crippen LogP contribution >= 0.6 is 11.6 Å². The van der Waals surface area contributed by atoms with E-state index >= 15 is 0 Å². The van der Waals surface area contributed by atoms with Crippen molar-refractivity contribution >= 4 is 29.3 Å². The Kier molecular flexibility index (Phi) is 3.72. The van der Waals surface area contributed by atoms with Gasteiger partial charge in [-0.15, -0.1) is 0 Å². The Bertz CT molecular complexity index is 717. The van der Waals surface area contributed by atoms with Gasteiger partial charge in [-0.3, -0.25) is 0 Å². The lowest BCUT2D eigenvalue weighted by molar-refractivity contribution is 0.0690. The van der Waals surface area contributed by atoms with E-state index in [1.807, 2.05) is 0 Å². The Morgan fingerprint density at radius 3 is 2.70 bits per heavy atom. The number of pyridine rings is 1. The molecule has 1 heterocycles. The Labute approximate surface area is 119 Å². The molecule has 2 aromatic rings. The Morgan fingerprint density at radius 1 is 1.45 bits per heavy atom. The minimum Gasteiger partial charge on any atom is -0.476 e. The van der Waals surface area contributed by atoms with E-state index in [0.29, 0.717) is 0 Å². The molecule has 3 N–H and O–H groups in total. The predicted octanol–water partition coefficient (Wildman–Crippen LogP) is 3.46. The fourth-order valence-electron chi connectivity index (χ4n) is 1.79. The normalized spacial score (nSPS) is 10.3. The summed E-state index contributed by atoms with van der Waals surface area (Å²) in [7, 11) is 0. The lowest BCUT2D eigenvalue weighted by atomic mass is 10.1. The van der Waals surface area contributed by atoms with Crippen molar-refractivity contribution in [2.24, 2.45) is 0 Å². The third kappa shape index (κ3) is 2.48. The summed E-state index contributed by atoms with van der Waals surface area (Å²) < 4.78 is 13.9. The number of halogens is 2. The number of aromatic nitrogens is 1. The molecular weight excluding hydrogens is 283 g/mol. The van der Waals surface area contributed by atoms with Crippen molar-refractivity contribution in [3.8, 4) is 11.3 Å². The number of carboxylic acid groups (broad SMARTS) is 1. The first-order valence-electron chi connectivity index (χ1n) is 5.55. The second kappa shape index (κ2) is 5.30. The zero-order valence-electron chi connectivity index (χ0n) is 10.2. The molecule has 102 valence electrons. The second-order valence-corrected chi connectivity index (χ2v) is 4.43. The number of carbonyl (C=O) groups is 1. The van der Waals surface area contributed by atoms with Gasteiger partial charge >= 0.3 is 5.97 Å². The summed E-state index contributed by atoms with van der Waals surface area (Å²) in [6, 6.07) is 5.42. The van der Waals surface area contributed by atoms with Gasteiger partial charge in [0.05, 0.1) is 5.69 Å². The number of benzene rings is 1. The van der Waals surface area contributed by atoms with E-state index in [1.54, 1.807) is 0 Å². The topological polar surface area (TPSA) is 76.2 Å². The molecule has 6 heteroatoms. The maximum absolute atomic E-state index is 13.9. The molecule has 0 aliphatic rings. The molecule has 1 aromatic carbocycles. The van der Waals surface area contributed by atoms with Crippen LogP contribution in [-0.4, -0.2) is 16.1 Å². The van der Waals surface area contributed by atoms with Crippen LogP contribution in [-0.2, 0) is 0 Å². The molecule has 4 nitrogen and oxygen atoms in total. The van der Waals surface area contributed by atoms with Gasteiger partial charge in [-0.1, -0.05) is 24.3 Å². The van der Waals surface area contributed by atoms with Crippen molar-refractivity contribution in [2.75, 3.05) is 5.73 Å². The monoisotopic (exact) mass is 292 g/mol. The lowest BCUT2D eigenvalue weighted by Gasteiger charge is -2.09. The Morgan fingerprint density at radius 2 is 2.15 bits per heavy atom. The standard InChI is InChI=1S/C14H10ClFN2O2/c1-2-8-11(17)6-12(18-13(8)14(19)20)9-4-3-7(15)5-10(9)16/h2-6H,1H2,(H2,17,18)(H,19,20). The smallest absolute Gasteiger partial charge is 0.355 e. The van der Waals surface area contributed by atoms with Gasteiger partial charge in [0.15, 0.2) is 5.69 Å². The molecule has 1 aromatic heterocycles. The quantitative estimate of drug-likeness (QED) is 0.908. The van der Waals surface area contributed by atoms with E-state index in [9.17, 15) is 9.18 Å². The first-order valence-corrected chi connectivity index (χ1v) is 5.93. The van der Waals surface area contributed by atoms with E-state index in [4.69, 9.17) is 22.4 Å². The molecule has 0 amide bonds. The molecule has 0 fully saturated rings. The minimum atomic E-state index is -1.26. The summed E-state index contributed by atoms with van der Waals surface area (Å²) in [6.07, 6.45) is 1.30. The van der Waals surface area contributed by atoms with Gasteiger partial charge in [-0.05, 0) is 24.3 Å². The number of hydrogen-bond donors (Lipinski definition) is 2. The lowest BCUT2D eigenvalue weighted by Crippen LogP contribution is -2.07. The zero-order valence-corrected chi connectivity index (χ0v) is 11.0. The van der Waals surface area contributed by atoms with Gasteiger partial charge in [0, 0.05) is 21.8 Å². The number of nitrogens with zero attached hydrogens (tertiary/aromatic N) is 1. The number of nitrogen functional groups attached to an aromatic ring is 1. The molecule has 2 rings (SSSR count). The highest BCUT2D eigenvalue weighted by Gasteiger charge is 2.17. The van der Waals surface area contributed by atoms with E-state index in [0.717, 1.165) is 6.07 Å². The Balaban J connectivity index is 2.69. The molecule has 0 unspecified atom stereocenters. The number of hydrogen-bond acceptors (Lipinski definition) is 3. The number of nitrogens with two attached hydrogens (primary N) is 1. The largest absolute Gasteiger partial charge is 0.476 e. The summed E-state index contributed by atoms with van der Waals surface area (Å²) in [5.74, 6) is -1.87. The van der Waals surface area contributed by atoms with Crippen LogP contribution in [0.1, 0.15) is 16.1 Å². The third-order valence-electron chi connectivity index (χ3n) is 2.70. The fraction of sp³-hybridized carbons (Fsp3) is 0. The number of rotatable bonds is 3. The van der Waals surface area contributed by atoms with Gasteiger partial charge in [-0.2, -0.15) is 0 Å². The van der Waals surface area contributed by atoms with Crippen molar-refractivity contribution in [1.82, 2.24) is 4.98 Å². The fourth-order valence-corrected chi connectivity index (χ4v) is 1.95. The number of anilines is 1. The highest BCUT2D eigenvalue weighted by atomic mass is 35.5. The van der Waals surface area contributed by atoms with Gasteiger partial charge in [0.25, 0.3) is 0 Å². The van der Waals surface area contributed by atoms with Crippen molar-refractivity contribution < 1.29 is 14.3 Å². The van der Waals surface area contributed by atoms with Gasteiger partial charge in [0.2, 0.25) is 0 Å². The van der Waals surface area contributed by atoms with E-state index in [1.165, 1.54) is 24.3 Å². The first-order chi connectivity index (χ1) is 9.43. The Hall–Kier alpha value is -2.40. The summed E-state index contributed by atoms with van der Waals surface area (Å²) in [5.41, 5.74) is 6.11. The van der Waals surface area contributed by atoms with E-state index < -0.39 is 11.8 Å². The predicted molar refractivity (Wildman–Crippen MR) is 76.1 cm³/mol. The SMILES string of the molecule is C=Cc1c(N)cc(-c2ccc(Cl)cc2F)nc1C(=O)O. The van der Waals surface area contributed by atoms with Crippen molar-refractivity contribution in [3.05, 3.63) is 52.9 Å². The molecule has 0 aliphatic carbocycles.